The molecule has 0 bridgehead atoms. The van der Waals surface area contributed by atoms with Gasteiger partial charge in [0.15, 0.2) is 5.16 Å². The predicted molar refractivity (Wildman–Crippen MR) is 86.6 cm³/mol. The third kappa shape index (κ3) is 4.93. The number of nitrogens with one attached hydrogen (secondary N) is 2. The SMILES string of the molecule is Cc1[nH]c(SCC(=O)NC(C)C)nc1Cc1ccccc1. The normalized spacial score (nSPS) is 10.9. The third-order valence-electron chi connectivity index (χ3n) is 2.97. The molecule has 0 aliphatic heterocycles. The minimum Gasteiger partial charge on any atom is -0.353 e. The van der Waals surface area contributed by atoms with Crippen LogP contribution >= 0.6 is 11.8 Å². The fourth-order valence-electron chi connectivity index (χ4n) is 1.99. The molecule has 0 fully saturated rings. The average Bonchev–Trinajstić information content (AvgIpc) is 2.77. The summed E-state index contributed by atoms with van der Waals surface area (Å²) in [4.78, 5) is 19.5. The van der Waals surface area contributed by atoms with E-state index in [-0.39, 0.29) is 11.9 Å². The lowest BCUT2D eigenvalue weighted by atomic mass is 10.1. The molecule has 0 spiro atoms. The number of rotatable bonds is 6. The fraction of sp³-hybridized carbons (Fsp3) is 0.375. The van der Waals surface area contributed by atoms with Crippen molar-refractivity contribution in [2.45, 2.75) is 38.4 Å². The first kappa shape index (κ1) is 15.6. The van der Waals surface area contributed by atoms with E-state index in [1.807, 2.05) is 39.0 Å². The Balaban J connectivity index is 1.94. The highest BCUT2D eigenvalue weighted by atomic mass is 32.2. The van der Waals surface area contributed by atoms with Crippen LogP contribution in [0.15, 0.2) is 35.5 Å². The van der Waals surface area contributed by atoms with E-state index in [0.717, 1.165) is 23.0 Å². The Labute approximate surface area is 129 Å². The van der Waals surface area contributed by atoms with Gasteiger partial charge in [-0.25, -0.2) is 4.98 Å². The topological polar surface area (TPSA) is 57.8 Å². The number of aromatic nitrogens is 2. The molecule has 1 aromatic carbocycles. The van der Waals surface area contributed by atoms with Gasteiger partial charge in [-0.2, -0.15) is 0 Å². The van der Waals surface area contributed by atoms with E-state index in [1.54, 1.807) is 0 Å². The molecule has 0 aliphatic rings. The van der Waals surface area contributed by atoms with Crippen LogP contribution in [0.1, 0.15) is 30.8 Å². The van der Waals surface area contributed by atoms with Crippen LogP contribution in [0.2, 0.25) is 0 Å². The molecule has 0 saturated heterocycles. The van der Waals surface area contributed by atoms with Gasteiger partial charge in [0.1, 0.15) is 0 Å². The Morgan fingerprint density at radius 2 is 2.05 bits per heavy atom. The smallest absolute Gasteiger partial charge is 0.230 e. The quantitative estimate of drug-likeness (QED) is 0.807. The van der Waals surface area contributed by atoms with E-state index in [2.05, 4.69) is 27.4 Å². The number of carbonyl (C=O) groups is 1. The minimum absolute atomic E-state index is 0.0358. The molecule has 1 aromatic heterocycles. The molecule has 0 radical (unpaired) electrons. The summed E-state index contributed by atoms with van der Waals surface area (Å²) in [6, 6.07) is 10.4. The predicted octanol–water partition coefficient (Wildman–Crippen LogP) is 2.93. The Morgan fingerprint density at radius 1 is 1.33 bits per heavy atom. The van der Waals surface area contributed by atoms with Crippen LogP contribution in [0.5, 0.6) is 0 Å². The zero-order valence-electron chi connectivity index (χ0n) is 12.6. The van der Waals surface area contributed by atoms with Crippen molar-refractivity contribution in [2.75, 3.05) is 5.75 Å². The van der Waals surface area contributed by atoms with Gasteiger partial charge in [-0.15, -0.1) is 0 Å². The lowest BCUT2D eigenvalue weighted by molar-refractivity contribution is -0.119. The zero-order valence-corrected chi connectivity index (χ0v) is 13.5. The number of amides is 1. The molecular formula is C16H21N3OS. The largest absolute Gasteiger partial charge is 0.353 e. The van der Waals surface area contributed by atoms with Gasteiger partial charge in [0.25, 0.3) is 0 Å². The summed E-state index contributed by atoms with van der Waals surface area (Å²) >= 11 is 1.44. The van der Waals surface area contributed by atoms with E-state index in [0.29, 0.717) is 5.75 Å². The summed E-state index contributed by atoms with van der Waals surface area (Å²) in [7, 11) is 0. The van der Waals surface area contributed by atoms with Crippen molar-refractivity contribution in [1.29, 1.82) is 0 Å². The number of aromatic amines is 1. The van der Waals surface area contributed by atoms with Gasteiger partial charge in [-0.1, -0.05) is 42.1 Å². The van der Waals surface area contributed by atoms with Gasteiger partial charge < -0.3 is 10.3 Å². The number of hydrogen-bond acceptors (Lipinski definition) is 3. The molecule has 0 atom stereocenters. The van der Waals surface area contributed by atoms with Crippen LogP contribution in [0.3, 0.4) is 0 Å². The molecule has 5 heteroatoms. The van der Waals surface area contributed by atoms with Gasteiger partial charge >= 0.3 is 0 Å². The van der Waals surface area contributed by atoms with Crippen LogP contribution in [-0.2, 0) is 11.2 Å². The molecular weight excluding hydrogens is 282 g/mol. The van der Waals surface area contributed by atoms with E-state index >= 15 is 0 Å². The molecule has 2 N–H and O–H groups in total. The monoisotopic (exact) mass is 303 g/mol. The Kier molecular flexibility index (Phi) is 5.44. The van der Waals surface area contributed by atoms with Gasteiger partial charge in [0, 0.05) is 18.2 Å². The molecule has 4 nitrogen and oxygen atoms in total. The molecule has 0 unspecified atom stereocenters. The van der Waals surface area contributed by atoms with Gasteiger partial charge in [-0.3, -0.25) is 4.79 Å². The highest BCUT2D eigenvalue weighted by molar-refractivity contribution is 7.99. The maximum atomic E-state index is 11.6. The van der Waals surface area contributed by atoms with Crippen LogP contribution in [-0.4, -0.2) is 27.7 Å². The number of H-pyrrole nitrogens is 1. The minimum atomic E-state index is 0.0358. The zero-order chi connectivity index (χ0) is 15.2. The highest BCUT2D eigenvalue weighted by Gasteiger charge is 2.10. The molecule has 1 amide bonds. The van der Waals surface area contributed by atoms with Gasteiger partial charge in [0.05, 0.1) is 11.4 Å². The maximum Gasteiger partial charge on any atom is 0.230 e. The van der Waals surface area contributed by atoms with Crippen molar-refractivity contribution >= 4 is 17.7 Å². The number of imidazole rings is 1. The van der Waals surface area contributed by atoms with Crippen LogP contribution in [0, 0.1) is 6.92 Å². The summed E-state index contributed by atoms with van der Waals surface area (Å²) in [6.45, 7) is 5.93. The van der Waals surface area contributed by atoms with Crippen molar-refractivity contribution < 1.29 is 4.79 Å². The first-order valence-electron chi connectivity index (χ1n) is 7.06. The number of nitrogens with zero attached hydrogens (tertiary/aromatic N) is 1. The number of hydrogen-bond donors (Lipinski definition) is 2. The molecule has 2 aromatic rings. The number of benzene rings is 1. The second kappa shape index (κ2) is 7.31. The summed E-state index contributed by atoms with van der Waals surface area (Å²) < 4.78 is 0. The molecule has 112 valence electrons. The lowest BCUT2D eigenvalue weighted by Gasteiger charge is -2.06. The fourth-order valence-corrected chi connectivity index (χ4v) is 2.75. The maximum absolute atomic E-state index is 11.6. The first-order valence-corrected chi connectivity index (χ1v) is 8.04. The molecule has 1 heterocycles. The Bertz CT molecular complexity index is 593. The highest BCUT2D eigenvalue weighted by Crippen LogP contribution is 2.18. The third-order valence-corrected chi connectivity index (χ3v) is 3.84. The van der Waals surface area contributed by atoms with Crippen molar-refractivity contribution in [3.8, 4) is 0 Å². The van der Waals surface area contributed by atoms with Crippen molar-refractivity contribution in [3.63, 3.8) is 0 Å². The van der Waals surface area contributed by atoms with Crippen molar-refractivity contribution in [1.82, 2.24) is 15.3 Å². The number of thioether (sulfide) groups is 1. The van der Waals surface area contributed by atoms with Crippen LogP contribution < -0.4 is 5.32 Å². The standard InChI is InChI=1S/C16H21N3OS/c1-11(2)17-15(20)10-21-16-18-12(3)14(19-16)9-13-7-5-4-6-8-13/h4-8,11H,9-10H2,1-3H3,(H,17,20)(H,18,19). The second-order valence-electron chi connectivity index (χ2n) is 5.29. The Hall–Kier alpha value is -1.75. The molecule has 21 heavy (non-hydrogen) atoms. The summed E-state index contributed by atoms with van der Waals surface area (Å²) in [5.74, 6) is 0.421. The summed E-state index contributed by atoms with van der Waals surface area (Å²) in [5, 5.41) is 3.68. The number of aryl methyl sites for hydroxylation is 1. The van der Waals surface area contributed by atoms with E-state index in [9.17, 15) is 4.79 Å². The van der Waals surface area contributed by atoms with E-state index in [4.69, 9.17) is 0 Å². The first-order chi connectivity index (χ1) is 10.0. The van der Waals surface area contributed by atoms with E-state index in [1.165, 1.54) is 17.3 Å². The van der Waals surface area contributed by atoms with Crippen LogP contribution in [0.4, 0.5) is 0 Å². The average molecular weight is 303 g/mol. The lowest BCUT2D eigenvalue weighted by Crippen LogP contribution is -2.31. The molecule has 2 rings (SSSR count). The van der Waals surface area contributed by atoms with Gasteiger partial charge in [0.2, 0.25) is 5.91 Å². The van der Waals surface area contributed by atoms with E-state index < -0.39 is 0 Å². The summed E-state index contributed by atoms with van der Waals surface area (Å²) in [5.41, 5.74) is 3.33. The number of carbonyl (C=O) groups excluding carboxylic acids is 1. The summed E-state index contributed by atoms with van der Waals surface area (Å²) in [6.07, 6.45) is 0.807. The van der Waals surface area contributed by atoms with Crippen LogP contribution in [0.25, 0.3) is 0 Å². The molecule has 0 saturated carbocycles. The molecule has 0 aliphatic carbocycles. The second-order valence-corrected chi connectivity index (χ2v) is 6.25. The Morgan fingerprint density at radius 3 is 2.71 bits per heavy atom. The van der Waals surface area contributed by atoms with Crippen molar-refractivity contribution in [3.05, 3.63) is 47.3 Å². The van der Waals surface area contributed by atoms with Crippen molar-refractivity contribution in [2.24, 2.45) is 0 Å². The van der Waals surface area contributed by atoms with Gasteiger partial charge in [-0.05, 0) is 26.3 Å².